The van der Waals surface area contributed by atoms with Crippen molar-refractivity contribution in [3.05, 3.63) is 12.2 Å². The van der Waals surface area contributed by atoms with Crippen LogP contribution in [0, 0.1) is 12.3 Å². The van der Waals surface area contributed by atoms with E-state index in [1.165, 1.54) is 6.08 Å². The summed E-state index contributed by atoms with van der Waals surface area (Å²) >= 11 is 0. The highest BCUT2D eigenvalue weighted by molar-refractivity contribution is 5.09. The molecule has 0 aliphatic heterocycles. The van der Waals surface area contributed by atoms with Crippen molar-refractivity contribution in [1.29, 1.82) is 0 Å². The molecule has 1 N–H and O–H groups in total. The van der Waals surface area contributed by atoms with E-state index in [2.05, 4.69) is 5.92 Å². The Morgan fingerprint density at radius 2 is 2.43 bits per heavy atom. The molecule has 1 nitrogen and oxygen atoms in total. The van der Waals surface area contributed by atoms with E-state index in [9.17, 15) is 0 Å². The van der Waals surface area contributed by atoms with Gasteiger partial charge in [0.2, 0.25) is 0 Å². The molecule has 0 amide bonds. The monoisotopic (exact) mass is 96.1 g/mol. The van der Waals surface area contributed by atoms with Crippen molar-refractivity contribution in [3.63, 3.8) is 0 Å². The van der Waals surface area contributed by atoms with Gasteiger partial charge < -0.3 is 5.11 Å². The van der Waals surface area contributed by atoms with Gasteiger partial charge in [0.1, 0.15) is 0 Å². The fraction of sp³-hybridized carbons (Fsp3) is 0.333. The van der Waals surface area contributed by atoms with Gasteiger partial charge in [-0.1, -0.05) is 5.92 Å². The Morgan fingerprint density at radius 1 is 1.86 bits per heavy atom. The minimum atomic E-state index is -0.420. The second-order valence-corrected chi connectivity index (χ2v) is 1.27. The molecule has 0 aromatic rings. The minimum Gasteiger partial charge on any atom is -0.389 e. The first kappa shape index (κ1) is 6.26. The number of hydrogen-bond donors (Lipinski definition) is 1. The Balaban J connectivity index is 3.31. The van der Waals surface area contributed by atoms with Gasteiger partial charge in [0.15, 0.2) is 0 Å². The van der Waals surface area contributed by atoms with Crippen LogP contribution in [-0.4, -0.2) is 11.2 Å². The highest BCUT2D eigenvalue weighted by atomic mass is 16.3. The maximum Gasteiger partial charge on any atom is 0.0701 e. The third-order valence-corrected chi connectivity index (χ3v) is 0.471. The first-order valence-electron chi connectivity index (χ1n) is 2.08. The van der Waals surface area contributed by atoms with Crippen molar-refractivity contribution in [2.24, 2.45) is 0 Å². The summed E-state index contributed by atoms with van der Waals surface area (Å²) in [7, 11) is 0. The first-order valence-corrected chi connectivity index (χ1v) is 2.08. The summed E-state index contributed by atoms with van der Waals surface area (Å²) in [5.74, 6) is 2.26. The van der Waals surface area contributed by atoms with Crippen molar-refractivity contribution >= 4 is 0 Å². The van der Waals surface area contributed by atoms with E-state index < -0.39 is 6.10 Å². The molecular formula is C6H8O. The molecule has 0 aliphatic carbocycles. The van der Waals surface area contributed by atoms with Gasteiger partial charge in [-0.25, -0.2) is 0 Å². The largest absolute Gasteiger partial charge is 0.389 e. The summed E-state index contributed by atoms with van der Waals surface area (Å²) < 4.78 is 0. The minimum absolute atomic E-state index is 0.420. The summed E-state index contributed by atoms with van der Waals surface area (Å²) in [4.78, 5) is 0. The zero-order valence-corrected chi connectivity index (χ0v) is 4.26. The summed E-state index contributed by atoms with van der Waals surface area (Å²) in [6.07, 6.45) is 7.43. The van der Waals surface area contributed by atoms with Crippen molar-refractivity contribution < 1.29 is 5.11 Å². The predicted octanol–water partition coefficient (Wildman–Crippen LogP) is 0.557. The standard InChI is InChI=1S/C6H8O/c1-3-4-5-6(2)7/h1,4-7H,2H3/b5-4+. The maximum atomic E-state index is 8.50. The molecule has 1 unspecified atom stereocenters. The lowest BCUT2D eigenvalue weighted by Crippen LogP contribution is -1.90. The Hall–Kier alpha value is -0.740. The lowest BCUT2D eigenvalue weighted by Gasteiger charge is -1.86. The van der Waals surface area contributed by atoms with Crippen molar-refractivity contribution in [1.82, 2.24) is 0 Å². The quantitative estimate of drug-likeness (QED) is 0.473. The van der Waals surface area contributed by atoms with Gasteiger partial charge in [-0.2, -0.15) is 0 Å². The number of hydrogen-bond acceptors (Lipinski definition) is 1. The molecule has 38 valence electrons. The third kappa shape index (κ3) is 5.26. The fourth-order valence-corrected chi connectivity index (χ4v) is 0.195. The molecule has 0 aliphatic rings. The lowest BCUT2D eigenvalue weighted by molar-refractivity contribution is 0.244. The van der Waals surface area contributed by atoms with Crippen molar-refractivity contribution in [2.75, 3.05) is 0 Å². The Labute approximate surface area is 43.7 Å². The molecule has 7 heavy (non-hydrogen) atoms. The molecule has 0 aromatic carbocycles. The average Bonchev–Trinajstić information content (AvgIpc) is 1.61. The number of aliphatic hydroxyl groups is 1. The first-order chi connectivity index (χ1) is 3.27. The molecule has 0 fully saturated rings. The summed E-state index contributed by atoms with van der Waals surface area (Å²) in [6, 6.07) is 0. The molecule has 0 radical (unpaired) electrons. The van der Waals surface area contributed by atoms with Gasteiger partial charge in [0.05, 0.1) is 6.10 Å². The fourth-order valence-electron chi connectivity index (χ4n) is 0.195. The number of terminal acetylenes is 1. The lowest BCUT2D eigenvalue weighted by atomic mass is 10.4. The third-order valence-electron chi connectivity index (χ3n) is 0.471. The number of rotatable bonds is 1. The van der Waals surface area contributed by atoms with E-state index in [1.807, 2.05) is 0 Å². The van der Waals surface area contributed by atoms with Crippen molar-refractivity contribution in [2.45, 2.75) is 13.0 Å². The number of allylic oxidation sites excluding steroid dienone is 1. The second-order valence-electron chi connectivity index (χ2n) is 1.27. The van der Waals surface area contributed by atoms with E-state index in [4.69, 9.17) is 11.5 Å². The van der Waals surface area contributed by atoms with Gasteiger partial charge in [-0.15, -0.1) is 6.42 Å². The van der Waals surface area contributed by atoms with Crippen LogP contribution in [-0.2, 0) is 0 Å². The van der Waals surface area contributed by atoms with E-state index >= 15 is 0 Å². The van der Waals surface area contributed by atoms with Gasteiger partial charge in [-0.05, 0) is 19.1 Å². The zero-order chi connectivity index (χ0) is 5.70. The van der Waals surface area contributed by atoms with Crippen LogP contribution in [0.1, 0.15) is 6.92 Å². The SMILES string of the molecule is C#C/C=C/C(C)O. The van der Waals surface area contributed by atoms with Crippen LogP contribution in [0.2, 0.25) is 0 Å². The van der Waals surface area contributed by atoms with Crippen LogP contribution in [0.5, 0.6) is 0 Å². The molecule has 0 saturated heterocycles. The van der Waals surface area contributed by atoms with Gasteiger partial charge in [0, 0.05) is 0 Å². The topological polar surface area (TPSA) is 20.2 Å². The molecule has 0 rings (SSSR count). The highest BCUT2D eigenvalue weighted by Gasteiger charge is 1.79. The molecule has 1 atom stereocenters. The van der Waals surface area contributed by atoms with E-state index in [1.54, 1.807) is 13.0 Å². The van der Waals surface area contributed by atoms with Crippen LogP contribution in [0.4, 0.5) is 0 Å². The van der Waals surface area contributed by atoms with Gasteiger partial charge in [0.25, 0.3) is 0 Å². The van der Waals surface area contributed by atoms with E-state index in [0.29, 0.717) is 0 Å². The second kappa shape index (κ2) is 3.45. The number of aliphatic hydroxyl groups excluding tert-OH is 1. The molecule has 0 saturated carbocycles. The molecule has 0 aromatic heterocycles. The Morgan fingerprint density at radius 3 is 2.57 bits per heavy atom. The summed E-state index contributed by atoms with van der Waals surface area (Å²) in [5, 5.41) is 8.50. The van der Waals surface area contributed by atoms with Crippen molar-refractivity contribution in [3.8, 4) is 12.3 Å². The van der Waals surface area contributed by atoms with Crippen LogP contribution in [0.15, 0.2) is 12.2 Å². The molecule has 0 heterocycles. The van der Waals surface area contributed by atoms with Gasteiger partial charge >= 0.3 is 0 Å². The Kier molecular flexibility index (Phi) is 3.09. The molecule has 1 heteroatoms. The summed E-state index contributed by atoms with van der Waals surface area (Å²) in [5.41, 5.74) is 0. The van der Waals surface area contributed by atoms with Gasteiger partial charge in [-0.3, -0.25) is 0 Å². The molecule has 0 spiro atoms. The predicted molar refractivity (Wildman–Crippen MR) is 29.7 cm³/mol. The normalized spacial score (nSPS) is 13.9. The summed E-state index contributed by atoms with van der Waals surface area (Å²) in [6.45, 7) is 1.65. The smallest absolute Gasteiger partial charge is 0.0701 e. The van der Waals surface area contributed by atoms with Crippen LogP contribution in [0.25, 0.3) is 0 Å². The highest BCUT2D eigenvalue weighted by Crippen LogP contribution is 1.78. The Bertz CT molecular complexity index is 95.2. The average molecular weight is 96.1 g/mol. The van der Waals surface area contributed by atoms with E-state index in [-0.39, 0.29) is 0 Å². The van der Waals surface area contributed by atoms with Crippen LogP contribution in [0.3, 0.4) is 0 Å². The molecular weight excluding hydrogens is 88.1 g/mol. The zero-order valence-electron chi connectivity index (χ0n) is 4.26. The molecule has 0 bridgehead atoms. The van der Waals surface area contributed by atoms with Crippen LogP contribution < -0.4 is 0 Å². The van der Waals surface area contributed by atoms with Crippen LogP contribution >= 0.6 is 0 Å². The maximum absolute atomic E-state index is 8.50. The van der Waals surface area contributed by atoms with E-state index in [0.717, 1.165) is 0 Å².